The number of allylic oxidation sites excluding steroid dienone is 1. The van der Waals surface area contributed by atoms with Gasteiger partial charge in [-0.2, -0.15) is 0 Å². The zero-order chi connectivity index (χ0) is 20.9. The van der Waals surface area contributed by atoms with Gasteiger partial charge in [0.05, 0.1) is 0 Å². The summed E-state index contributed by atoms with van der Waals surface area (Å²) in [5.74, 6) is -0.541. The summed E-state index contributed by atoms with van der Waals surface area (Å²) in [7, 11) is 0. The monoisotopic (exact) mass is 410 g/mol. The van der Waals surface area contributed by atoms with Crippen LogP contribution in [0.4, 0.5) is 0 Å². The summed E-state index contributed by atoms with van der Waals surface area (Å²) in [5, 5.41) is 20.5. The molecule has 1 aromatic rings. The van der Waals surface area contributed by atoms with Crippen LogP contribution < -0.4 is 0 Å². The quantitative estimate of drug-likeness (QED) is 0.748. The molecule has 2 atom stereocenters. The lowest BCUT2D eigenvalue weighted by Crippen LogP contribution is -2.49. The number of hydrogen-bond donors (Lipinski definition) is 2. The summed E-state index contributed by atoms with van der Waals surface area (Å²) < 4.78 is 0. The number of carboxylic acid groups (broad SMARTS) is 1. The van der Waals surface area contributed by atoms with Crippen LogP contribution in [0.25, 0.3) is 5.57 Å². The van der Waals surface area contributed by atoms with Gasteiger partial charge in [0.15, 0.2) is 0 Å². The molecule has 0 amide bonds. The Morgan fingerprint density at radius 2 is 1.80 bits per heavy atom. The number of carbonyl (C=O) groups is 1. The summed E-state index contributed by atoms with van der Waals surface area (Å²) >= 11 is 0. The molecule has 2 aliphatic heterocycles. The smallest absolute Gasteiger partial charge is 0.331 e. The van der Waals surface area contributed by atoms with E-state index in [0.717, 1.165) is 57.6 Å². The molecule has 0 bridgehead atoms. The Kier molecular flexibility index (Phi) is 7.03. The van der Waals surface area contributed by atoms with E-state index in [-0.39, 0.29) is 12.1 Å². The van der Waals surface area contributed by atoms with Crippen LogP contribution in [0.15, 0.2) is 47.6 Å². The van der Waals surface area contributed by atoms with Crippen LogP contribution in [0.1, 0.15) is 50.5 Å². The molecule has 2 unspecified atom stereocenters. The number of piperidine rings is 2. The van der Waals surface area contributed by atoms with Crippen LogP contribution in [0, 0.1) is 5.92 Å². The van der Waals surface area contributed by atoms with E-state index in [9.17, 15) is 15.0 Å². The minimum Gasteiger partial charge on any atom is -0.478 e. The van der Waals surface area contributed by atoms with Crippen LogP contribution >= 0.6 is 0 Å². The second-order valence-electron chi connectivity index (χ2n) is 8.99. The van der Waals surface area contributed by atoms with Crippen LogP contribution in [-0.4, -0.2) is 64.9 Å². The van der Waals surface area contributed by atoms with E-state index in [1.54, 1.807) is 0 Å². The molecule has 0 saturated carbocycles. The van der Waals surface area contributed by atoms with Crippen molar-refractivity contribution in [2.24, 2.45) is 5.92 Å². The third-order valence-corrected chi connectivity index (χ3v) is 6.90. The topological polar surface area (TPSA) is 64.0 Å². The first-order valence-corrected chi connectivity index (χ1v) is 11.5. The number of likely N-dealkylation sites (tertiary alicyclic amines) is 2. The molecular formula is C25H34N2O3. The molecule has 3 aliphatic rings. The minimum atomic E-state index is -0.809. The van der Waals surface area contributed by atoms with Crippen LogP contribution in [0.5, 0.6) is 0 Å². The standard InChI is InChI=1S/C25H34N2O3/c28-24(27-14-5-2-6-15-27)21-10-7-13-26(17-21)18-22-16-20(25(29)30)11-12-23(22)19-8-3-1-4-9-19/h1,3-4,8-9,16,21,24,28H,2,5-7,10-15,17-18H2,(H,29,30). The maximum Gasteiger partial charge on any atom is 0.331 e. The fraction of sp³-hybridized carbons (Fsp3) is 0.560. The zero-order valence-corrected chi connectivity index (χ0v) is 17.8. The summed E-state index contributed by atoms with van der Waals surface area (Å²) in [4.78, 5) is 16.3. The number of aliphatic hydroxyl groups is 1. The molecule has 4 rings (SSSR count). The van der Waals surface area contributed by atoms with E-state index in [2.05, 4.69) is 21.9 Å². The summed E-state index contributed by atoms with van der Waals surface area (Å²) in [6, 6.07) is 10.3. The van der Waals surface area contributed by atoms with Crippen molar-refractivity contribution < 1.29 is 15.0 Å². The van der Waals surface area contributed by atoms with E-state index in [1.165, 1.54) is 30.4 Å². The van der Waals surface area contributed by atoms with Crippen LogP contribution in [-0.2, 0) is 4.79 Å². The summed E-state index contributed by atoms with van der Waals surface area (Å²) in [6.07, 6.45) is 8.69. The Labute approximate surface area is 179 Å². The van der Waals surface area contributed by atoms with E-state index < -0.39 is 5.97 Å². The first-order valence-electron chi connectivity index (χ1n) is 11.5. The Balaban J connectivity index is 1.51. The van der Waals surface area contributed by atoms with Gasteiger partial charge in [-0.3, -0.25) is 9.80 Å². The molecule has 2 N–H and O–H groups in total. The van der Waals surface area contributed by atoms with E-state index in [0.29, 0.717) is 12.0 Å². The summed E-state index contributed by atoms with van der Waals surface area (Å²) in [6.45, 7) is 4.64. The lowest BCUT2D eigenvalue weighted by molar-refractivity contribution is -0.132. The highest BCUT2D eigenvalue weighted by atomic mass is 16.4. The molecule has 5 heteroatoms. The molecule has 0 radical (unpaired) electrons. The van der Waals surface area contributed by atoms with Crippen molar-refractivity contribution in [2.75, 3.05) is 32.7 Å². The predicted octanol–water partition coefficient (Wildman–Crippen LogP) is 3.76. The first-order chi connectivity index (χ1) is 14.6. The molecule has 0 aromatic heterocycles. The third-order valence-electron chi connectivity index (χ3n) is 6.90. The van der Waals surface area contributed by atoms with Crippen molar-refractivity contribution >= 4 is 11.5 Å². The van der Waals surface area contributed by atoms with Crippen molar-refractivity contribution in [1.29, 1.82) is 0 Å². The lowest BCUT2D eigenvalue weighted by Gasteiger charge is -2.41. The number of benzene rings is 1. The van der Waals surface area contributed by atoms with Crippen LogP contribution in [0.2, 0.25) is 0 Å². The average Bonchev–Trinajstić information content (AvgIpc) is 2.80. The van der Waals surface area contributed by atoms with Gasteiger partial charge in [0, 0.05) is 37.7 Å². The first kappa shape index (κ1) is 21.3. The Morgan fingerprint density at radius 1 is 1.03 bits per heavy atom. The molecule has 2 heterocycles. The van der Waals surface area contributed by atoms with E-state index in [4.69, 9.17) is 0 Å². The van der Waals surface area contributed by atoms with Gasteiger partial charge in [0.25, 0.3) is 0 Å². The molecule has 0 spiro atoms. The molecule has 2 fully saturated rings. The number of rotatable bonds is 6. The molecule has 1 aromatic carbocycles. The minimum absolute atomic E-state index is 0.268. The van der Waals surface area contributed by atoms with Crippen molar-refractivity contribution in [2.45, 2.75) is 51.2 Å². The molecule has 2 saturated heterocycles. The molecular weight excluding hydrogens is 376 g/mol. The van der Waals surface area contributed by atoms with Gasteiger partial charge >= 0.3 is 5.97 Å². The number of aliphatic hydroxyl groups excluding tert-OH is 1. The highest BCUT2D eigenvalue weighted by molar-refractivity contribution is 5.90. The second kappa shape index (κ2) is 9.90. The fourth-order valence-corrected chi connectivity index (χ4v) is 5.27. The normalized spacial score (nSPS) is 25.1. The highest BCUT2D eigenvalue weighted by Gasteiger charge is 2.31. The number of nitrogens with zero attached hydrogens (tertiary/aromatic N) is 2. The van der Waals surface area contributed by atoms with Gasteiger partial charge in [0.2, 0.25) is 0 Å². The summed E-state index contributed by atoms with van der Waals surface area (Å²) in [5.41, 5.74) is 4.08. The van der Waals surface area contributed by atoms with Gasteiger partial charge in [-0.05, 0) is 67.9 Å². The van der Waals surface area contributed by atoms with Crippen molar-refractivity contribution in [1.82, 2.24) is 9.80 Å². The van der Waals surface area contributed by atoms with E-state index in [1.807, 2.05) is 24.3 Å². The number of carboxylic acids is 1. The largest absolute Gasteiger partial charge is 0.478 e. The van der Waals surface area contributed by atoms with Gasteiger partial charge in [0.1, 0.15) is 6.23 Å². The highest BCUT2D eigenvalue weighted by Crippen LogP contribution is 2.33. The van der Waals surface area contributed by atoms with Crippen molar-refractivity contribution in [3.63, 3.8) is 0 Å². The SMILES string of the molecule is O=C(O)C1=CC(CN2CCCC(C(O)N3CCCCC3)C2)=C(c2ccccc2)CC1. The predicted molar refractivity (Wildman–Crippen MR) is 119 cm³/mol. The second-order valence-corrected chi connectivity index (χ2v) is 8.99. The maximum absolute atomic E-state index is 11.6. The number of aliphatic carboxylic acids is 1. The zero-order valence-electron chi connectivity index (χ0n) is 17.8. The average molecular weight is 411 g/mol. The van der Waals surface area contributed by atoms with Gasteiger partial charge in [-0.1, -0.05) is 36.8 Å². The van der Waals surface area contributed by atoms with Gasteiger partial charge in [-0.15, -0.1) is 0 Å². The maximum atomic E-state index is 11.6. The molecule has 30 heavy (non-hydrogen) atoms. The van der Waals surface area contributed by atoms with Crippen molar-refractivity contribution in [3.05, 3.63) is 53.1 Å². The third kappa shape index (κ3) is 5.02. The number of hydrogen-bond acceptors (Lipinski definition) is 4. The lowest BCUT2D eigenvalue weighted by atomic mass is 9.87. The molecule has 162 valence electrons. The van der Waals surface area contributed by atoms with Gasteiger partial charge in [-0.25, -0.2) is 4.79 Å². The Hall–Kier alpha value is -1.95. The molecule has 5 nitrogen and oxygen atoms in total. The van der Waals surface area contributed by atoms with Crippen LogP contribution in [0.3, 0.4) is 0 Å². The Bertz CT molecular complexity index is 796. The van der Waals surface area contributed by atoms with Crippen molar-refractivity contribution in [3.8, 4) is 0 Å². The van der Waals surface area contributed by atoms with E-state index >= 15 is 0 Å². The fourth-order valence-electron chi connectivity index (χ4n) is 5.27. The molecule has 1 aliphatic carbocycles. The van der Waals surface area contributed by atoms with Gasteiger partial charge < -0.3 is 10.2 Å². The Morgan fingerprint density at radius 3 is 2.53 bits per heavy atom.